The molecule has 0 radical (unpaired) electrons. The van der Waals surface area contributed by atoms with Gasteiger partial charge in [0.2, 0.25) is 0 Å². The zero-order chi connectivity index (χ0) is 16.9. The molecule has 0 saturated carbocycles. The molecule has 0 spiro atoms. The Morgan fingerprint density at radius 3 is 2.64 bits per heavy atom. The van der Waals surface area contributed by atoms with Gasteiger partial charge in [-0.05, 0) is 61.5 Å². The summed E-state index contributed by atoms with van der Waals surface area (Å²) in [6.07, 6.45) is 3.86. The van der Waals surface area contributed by atoms with Gasteiger partial charge in [0.15, 0.2) is 0 Å². The Hall–Kier alpha value is -1.84. The van der Waals surface area contributed by atoms with Crippen molar-refractivity contribution >= 4 is 0 Å². The van der Waals surface area contributed by atoms with E-state index in [1.165, 1.54) is 43.6 Å². The number of rotatable bonds is 6. The Bertz CT molecular complexity index is 655. The van der Waals surface area contributed by atoms with Crippen LogP contribution in [0.3, 0.4) is 0 Å². The monoisotopic (exact) mass is 336 g/mol. The molecule has 2 aromatic rings. The Labute approximate surface area is 151 Å². The van der Waals surface area contributed by atoms with E-state index in [9.17, 15) is 0 Å². The van der Waals surface area contributed by atoms with Crippen molar-refractivity contribution in [3.8, 4) is 5.75 Å². The predicted molar refractivity (Wildman–Crippen MR) is 102 cm³/mol. The number of benzene rings is 2. The van der Waals surface area contributed by atoms with E-state index < -0.39 is 0 Å². The smallest absolute Gasteiger partial charge is 0.119 e. The van der Waals surface area contributed by atoms with Crippen LogP contribution in [0.4, 0.5) is 0 Å². The molecule has 2 saturated heterocycles. The van der Waals surface area contributed by atoms with E-state index >= 15 is 0 Å². The van der Waals surface area contributed by atoms with E-state index in [1.807, 2.05) is 18.2 Å². The molecule has 2 fully saturated rings. The van der Waals surface area contributed by atoms with Gasteiger partial charge in [0.25, 0.3) is 0 Å². The van der Waals surface area contributed by atoms with Gasteiger partial charge in [-0.2, -0.15) is 0 Å². The van der Waals surface area contributed by atoms with Crippen molar-refractivity contribution in [3.05, 3.63) is 65.7 Å². The molecular formula is C22H28N2O. The van der Waals surface area contributed by atoms with Gasteiger partial charge < -0.3 is 15.0 Å². The van der Waals surface area contributed by atoms with Gasteiger partial charge in [-0.1, -0.05) is 42.5 Å². The lowest BCUT2D eigenvalue weighted by molar-refractivity contribution is 0.168. The summed E-state index contributed by atoms with van der Waals surface area (Å²) in [6.45, 7) is 5.50. The number of ether oxygens (including phenoxy) is 1. The highest BCUT2D eigenvalue weighted by Crippen LogP contribution is 2.25. The molecule has 0 aromatic heterocycles. The van der Waals surface area contributed by atoms with E-state index in [0.717, 1.165) is 30.7 Å². The number of nitrogens with zero attached hydrogens (tertiary/aromatic N) is 1. The second kappa shape index (κ2) is 8.03. The summed E-state index contributed by atoms with van der Waals surface area (Å²) in [5, 5.41) is 3.66. The third-order valence-corrected chi connectivity index (χ3v) is 5.65. The minimum atomic E-state index is 0.628. The maximum atomic E-state index is 5.87. The molecule has 0 aliphatic carbocycles. The Balaban J connectivity index is 1.23. The Kier molecular flexibility index (Phi) is 5.34. The summed E-state index contributed by atoms with van der Waals surface area (Å²) in [6, 6.07) is 19.7. The molecule has 2 atom stereocenters. The fraction of sp³-hybridized carbons (Fsp3) is 0.455. The molecule has 25 heavy (non-hydrogen) atoms. The average molecular weight is 336 g/mol. The highest BCUT2D eigenvalue weighted by molar-refractivity contribution is 5.28. The summed E-state index contributed by atoms with van der Waals surface area (Å²) < 4.78 is 5.87. The van der Waals surface area contributed by atoms with Crippen molar-refractivity contribution in [3.63, 3.8) is 0 Å². The quantitative estimate of drug-likeness (QED) is 0.874. The van der Waals surface area contributed by atoms with Crippen LogP contribution in [-0.2, 0) is 13.0 Å². The SMILES string of the molecule is c1ccc(COc2ccc(CCN3CC[C@H]4CCN[C@H]4C3)cc2)cc1. The third kappa shape index (κ3) is 4.42. The van der Waals surface area contributed by atoms with Crippen LogP contribution in [0.15, 0.2) is 54.6 Å². The lowest BCUT2D eigenvalue weighted by Crippen LogP contribution is -2.46. The van der Waals surface area contributed by atoms with Crippen LogP contribution in [0.25, 0.3) is 0 Å². The number of hydrogen-bond donors (Lipinski definition) is 1. The van der Waals surface area contributed by atoms with Crippen LogP contribution in [-0.4, -0.2) is 37.1 Å². The Morgan fingerprint density at radius 1 is 0.960 bits per heavy atom. The molecule has 2 aromatic carbocycles. The van der Waals surface area contributed by atoms with Crippen LogP contribution in [0.1, 0.15) is 24.0 Å². The fourth-order valence-corrected chi connectivity index (χ4v) is 4.08. The molecule has 1 N–H and O–H groups in total. The van der Waals surface area contributed by atoms with Crippen molar-refractivity contribution in [1.82, 2.24) is 10.2 Å². The van der Waals surface area contributed by atoms with Gasteiger partial charge in [0.05, 0.1) is 0 Å². The number of fused-ring (bicyclic) bond motifs is 1. The van der Waals surface area contributed by atoms with E-state index in [0.29, 0.717) is 6.61 Å². The summed E-state index contributed by atoms with van der Waals surface area (Å²) >= 11 is 0. The van der Waals surface area contributed by atoms with E-state index in [2.05, 4.69) is 46.6 Å². The molecule has 2 aliphatic heterocycles. The molecule has 4 rings (SSSR count). The molecule has 0 bridgehead atoms. The highest BCUT2D eigenvalue weighted by atomic mass is 16.5. The maximum Gasteiger partial charge on any atom is 0.119 e. The summed E-state index contributed by atoms with van der Waals surface area (Å²) in [5.41, 5.74) is 2.60. The molecule has 3 heteroatoms. The number of piperidine rings is 1. The second-order valence-corrected chi connectivity index (χ2v) is 7.37. The lowest BCUT2D eigenvalue weighted by Gasteiger charge is -2.34. The van der Waals surface area contributed by atoms with E-state index in [4.69, 9.17) is 4.74 Å². The van der Waals surface area contributed by atoms with Gasteiger partial charge >= 0.3 is 0 Å². The van der Waals surface area contributed by atoms with Gasteiger partial charge in [-0.25, -0.2) is 0 Å². The highest BCUT2D eigenvalue weighted by Gasteiger charge is 2.32. The van der Waals surface area contributed by atoms with Crippen molar-refractivity contribution < 1.29 is 4.74 Å². The first-order valence-electron chi connectivity index (χ1n) is 9.58. The van der Waals surface area contributed by atoms with Crippen LogP contribution < -0.4 is 10.1 Å². The van der Waals surface area contributed by atoms with Gasteiger partial charge in [-0.15, -0.1) is 0 Å². The minimum absolute atomic E-state index is 0.628. The third-order valence-electron chi connectivity index (χ3n) is 5.65. The second-order valence-electron chi connectivity index (χ2n) is 7.37. The minimum Gasteiger partial charge on any atom is -0.489 e. The molecule has 2 aliphatic rings. The summed E-state index contributed by atoms with van der Waals surface area (Å²) in [5.74, 6) is 1.88. The number of nitrogens with one attached hydrogen (secondary N) is 1. The van der Waals surface area contributed by atoms with Gasteiger partial charge in [0, 0.05) is 19.1 Å². The zero-order valence-corrected chi connectivity index (χ0v) is 14.9. The summed E-state index contributed by atoms with van der Waals surface area (Å²) in [4.78, 5) is 2.62. The van der Waals surface area contributed by atoms with Crippen molar-refractivity contribution in [2.24, 2.45) is 5.92 Å². The average Bonchev–Trinajstić information content (AvgIpc) is 3.14. The van der Waals surface area contributed by atoms with Crippen molar-refractivity contribution in [2.45, 2.75) is 31.9 Å². The van der Waals surface area contributed by atoms with Crippen LogP contribution in [0.5, 0.6) is 5.75 Å². The largest absolute Gasteiger partial charge is 0.489 e. The first kappa shape index (κ1) is 16.6. The molecule has 3 nitrogen and oxygen atoms in total. The van der Waals surface area contributed by atoms with Crippen LogP contribution in [0, 0.1) is 5.92 Å². The van der Waals surface area contributed by atoms with E-state index in [1.54, 1.807) is 0 Å². The molecule has 0 unspecified atom stereocenters. The van der Waals surface area contributed by atoms with E-state index in [-0.39, 0.29) is 0 Å². The maximum absolute atomic E-state index is 5.87. The fourth-order valence-electron chi connectivity index (χ4n) is 4.08. The first-order chi connectivity index (χ1) is 12.4. The van der Waals surface area contributed by atoms with Crippen molar-refractivity contribution in [1.29, 1.82) is 0 Å². The number of likely N-dealkylation sites (tertiary alicyclic amines) is 1. The topological polar surface area (TPSA) is 24.5 Å². The molecule has 2 heterocycles. The lowest BCUT2D eigenvalue weighted by atomic mass is 9.92. The Morgan fingerprint density at radius 2 is 1.80 bits per heavy atom. The number of hydrogen-bond acceptors (Lipinski definition) is 3. The van der Waals surface area contributed by atoms with Crippen molar-refractivity contribution in [2.75, 3.05) is 26.2 Å². The van der Waals surface area contributed by atoms with Gasteiger partial charge in [0.1, 0.15) is 12.4 Å². The standard InChI is InChI=1S/C22H28N2O/c1-2-4-19(5-3-1)17-25-21-8-6-18(7-9-21)11-14-24-15-12-20-10-13-23-22(20)16-24/h1-9,20,22-23H,10-17H2/t20-,22+/m1/s1. The summed E-state index contributed by atoms with van der Waals surface area (Å²) in [7, 11) is 0. The molecule has 0 amide bonds. The van der Waals surface area contributed by atoms with Crippen LogP contribution in [0.2, 0.25) is 0 Å². The molecule has 132 valence electrons. The molecular weight excluding hydrogens is 308 g/mol. The normalized spacial score (nSPS) is 23.4. The van der Waals surface area contributed by atoms with Gasteiger partial charge in [-0.3, -0.25) is 0 Å². The predicted octanol–water partition coefficient (Wildman–Crippen LogP) is 3.49. The first-order valence-corrected chi connectivity index (χ1v) is 9.58. The zero-order valence-electron chi connectivity index (χ0n) is 14.9. The van der Waals surface area contributed by atoms with Crippen LogP contribution >= 0.6 is 0 Å².